The van der Waals surface area contributed by atoms with Crippen LogP contribution in [0.25, 0.3) is 0 Å². The Hall–Kier alpha value is -1.81. The molecular formula is C15H15N. The summed E-state index contributed by atoms with van der Waals surface area (Å²) in [6.07, 6.45) is 9.11. The molecule has 0 bridgehead atoms. The molecule has 0 fully saturated rings. The molecule has 80 valence electrons. The van der Waals surface area contributed by atoms with Crippen LogP contribution < -0.4 is 0 Å². The molecule has 1 heteroatoms. The summed E-state index contributed by atoms with van der Waals surface area (Å²) >= 11 is 0. The smallest absolute Gasteiger partial charge is 0.0912 e. The lowest BCUT2D eigenvalue weighted by Gasteiger charge is -2.20. The molecule has 0 saturated carbocycles. The van der Waals surface area contributed by atoms with Crippen LogP contribution in [-0.4, -0.2) is 0 Å². The van der Waals surface area contributed by atoms with Gasteiger partial charge in [0.2, 0.25) is 0 Å². The van der Waals surface area contributed by atoms with E-state index in [2.05, 4.69) is 36.4 Å². The molecule has 0 amide bonds. The van der Waals surface area contributed by atoms with Gasteiger partial charge in [-0.2, -0.15) is 5.26 Å². The predicted molar refractivity (Wildman–Crippen MR) is 65.9 cm³/mol. The highest BCUT2D eigenvalue weighted by Crippen LogP contribution is 2.32. The number of nitrogens with zero attached hydrogens (tertiary/aromatic N) is 1. The fourth-order valence-electron chi connectivity index (χ4n) is 2.18. The van der Waals surface area contributed by atoms with Crippen LogP contribution in [0.3, 0.4) is 0 Å². The molecule has 16 heavy (non-hydrogen) atoms. The number of allylic oxidation sites excluding steroid dienone is 4. The molecule has 0 N–H and O–H groups in total. The first-order chi connectivity index (χ1) is 7.90. The zero-order chi connectivity index (χ0) is 11.2. The number of benzene rings is 1. The Bertz CT molecular complexity index is 434. The highest BCUT2D eigenvalue weighted by atomic mass is 14.2. The molecule has 1 nitrogen and oxygen atoms in total. The Morgan fingerprint density at radius 1 is 1.25 bits per heavy atom. The van der Waals surface area contributed by atoms with Crippen molar-refractivity contribution in [2.75, 3.05) is 0 Å². The summed E-state index contributed by atoms with van der Waals surface area (Å²) < 4.78 is 0. The van der Waals surface area contributed by atoms with Gasteiger partial charge in [0.05, 0.1) is 6.07 Å². The first kappa shape index (κ1) is 10.7. The quantitative estimate of drug-likeness (QED) is 0.676. The Morgan fingerprint density at radius 3 is 2.69 bits per heavy atom. The largest absolute Gasteiger partial charge is 0.193 e. The molecule has 0 aromatic heterocycles. The van der Waals surface area contributed by atoms with Crippen molar-refractivity contribution < 1.29 is 0 Å². The SMILES string of the molecule is N#C/C=C/C1=CC[C@H](c2ccccc2)CC1. The van der Waals surface area contributed by atoms with Gasteiger partial charge in [-0.3, -0.25) is 0 Å². The van der Waals surface area contributed by atoms with Crippen LogP contribution in [0.15, 0.2) is 54.1 Å². The molecule has 0 spiro atoms. The second kappa shape index (κ2) is 5.32. The van der Waals surface area contributed by atoms with Crippen LogP contribution >= 0.6 is 0 Å². The van der Waals surface area contributed by atoms with Gasteiger partial charge in [0.1, 0.15) is 0 Å². The average molecular weight is 209 g/mol. The molecule has 0 unspecified atom stereocenters. The standard InChI is InChI=1S/C15H15N/c16-12-4-5-13-8-10-15(11-9-13)14-6-2-1-3-7-14/h1-8,15H,9-11H2/b5-4+/t15-/m0/s1. The molecule has 0 radical (unpaired) electrons. The molecule has 1 aliphatic carbocycles. The summed E-state index contributed by atoms with van der Waals surface area (Å²) in [5.74, 6) is 0.653. The van der Waals surface area contributed by atoms with E-state index in [9.17, 15) is 0 Å². The van der Waals surface area contributed by atoms with Crippen molar-refractivity contribution in [3.63, 3.8) is 0 Å². The number of nitriles is 1. The summed E-state index contributed by atoms with van der Waals surface area (Å²) in [5, 5.41) is 8.46. The van der Waals surface area contributed by atoms with E-state index >= 15 is 0 Å². The minimum Gasteiger partial charge on any atom is -0.193 e. The molecule has 1 aromatic rings. The number of rotatable bonds is 2. The Labute approximate surface area is 96.7 Å². The minimum atomic E-state index is 0.653. The van der Waals surface area contributed by atoms with Gasteiger partial charge >= 0.3 is 0 Å². The maximum absolute atomic E-state index is 8.46. The average Bonchev–Trinajstić information content (AvgIpc) is 2.38. The molecular weight excluding hydrogens is 194 g/mol. The monoisotopic (exact) mass is 209 g/mol. The summed E-state index contributed by atoms with van der Waals surface area (Å²) in [6, 6.07) is 12.7. The van der Waals surface area contributed by atoms with Gasteiger partial charge in [0.25, 0.3) is 0 Å². The van der Waals surface area contributed by atoms with Crippen molar-refractivity contribution in [2.24, 2.45) is 0 Å². The fraction of sp³-hybridized carbons (Fsp3) is 0.267. The lowest BCUT2D eigenvalue weighted by atomic mass is 9.84. The van der Waals surface area contributed by atoms with Crippen molar-refractivity contribution in [1.29, 1.82) is 5.26 Å². The lowest BCUT2D eigenvalue weighted by Crippen LogP contribution is -2.03. The maximum atomic E-state index is 8.46. The van der Waals surface area contributed by atoms with Crippen molar-refractivity contribution in [3.05, 3.63) is 59.7 Å². The van der Waals surface area contributed by atoms with E-state index in [1.54, 1.807) is 6.08 Å². The van der Waals surface area contributed by atoms with Gasteiger partial charge in [0.15, 0.2) is 0 Å². The molecule has 2 rings (SSSR count). The van der Waals surface area contributed by atoms with Crippen molar-refractivity contribution in [1.82, 2.24) is 0 Å². The van der Waals surface area contributed by atoms with E-state index < -0.39 is 0 Å². The number of hydrogen-bond donors (Lipinski definition) is 0. The van der Waals surface area contributed by atoms with E-state index in [-0.39, 0.29) is 0 Å². The second-order valence-electron chi connectivity index (χ2n) is 4.12. The van der Waals surface area contributed by atoms with Crippen LogP contribution in [-0.2, 0) is 0 Å². The summed E-state index contributed by atoms with van der Waals surface area (Å²) in [4.78, 5) is 0. The van der Waals surface area contributed by atoms with Gasteiger partial charge in [-0.1, -0.05) is 42.0 Å². The third kappa shape index (κ3) is 2.61. The molecule has 1 aromatic carbocycles. The van der Waals surface area contributed by atoms with E-state index in [0.29, 0.717) is 5.92 Å². The maximum Gasteiger partial charge on any atom is 0.0912 e. The summed E-state index contributed by atoms with van der Waals surface area (Å²) in [7, 11) is 0. The van der Waals surface area contributed by atoms with Crippen LogP contribution in [0.2, 0.25) is 0 Å². The third-order valence-electron chi connectivity index (χ3n) is 3.09. The molecule has 0 heterocycles. The molecule has 0 aliphatic heterocycles. The van der Waals surface area contributed by atoms with E-state index in [1.807, 2.05) is 12.1 Å². The van der Waals surface area contributed by atoms with Crippen LogP contribution in [0.1, 0.15) is 30.7 Å². The Balaban J connectivity index is 2.03. The third-order valence-corrected chi connectivity index (χ3v) is 3.09. The zero-order valence-corrected chi connectivity index (χ0v) is 9.26. The van der Waals surface area contributed by atoms with Gasteiger partial charge in [-0.05, 0) is 36.8 Å². The highest BCUT2D eigenvalue weighted by molar-refractivity contribution is 5.28. The zero-order valence-electron chi connectivity index (χ0n) is 9.26. The highest BCUT2D eigenvalue weighted by Gasteiger charge is 2.14. The number of hydrogen-bond acceptors (Lipinski definition) is 1. The first-order valence-electron chi connectivity index (χ1n) is 5.70. The van der Waals surface area contributed by atoms with Gasteiger partial charge < -0.3 is 0 Å². The lowest BCUT2D eigenvalue weighted by molar-refractivity contribution is 0.605. The van der Waals surface area contributed by atoms with Crippen molar-refractivity contribution in [3.8, 4) is 6.07 Å². The Kier molecular flexibility index (Phi) is 3.56. The first-order valence-corrected chi connectivity index (χ1v) is 5.70. The second-order valence-corrected chi connectivity index (χ2v) is 4.12. The Morgan fingerprint density at radius 2 is 2.06 bits per heavy atom. The fourth-order valence-corrected chi connectivity index (χ4v) is 2.18. The van der Waals surface area contributed by atoms with Crippen molar-refractivity contribution >= 4 is 0 Å². The van der Waals surface area contributed by atoms with Crippen molar-refractivity contribution in [2.45, 2.75) is 25.2 Å². The van der Waals surface area contributed by atoms with Crippen LogP contribution in [0.5, 0.6) is 0 Å². The predicted octanol–water partition coefficient (Wildman–Crippen LogP) is 3.96. The summed E-state index contributed by atoms with van der Waals surface area (Å²) in [6.45, 7) is 0. The molecule has 1 aliphatic rings. The van der Waals surface area contributed by atoms with Crippen LogP contribution in [0.4, 0.5) is 0 Å². The minimum absolute atomic E-state index is 0.653. The summed E-state index contributed by atoms with van der Waals surface area (Å²) in [5.41, 5.74) is 2.73. The molecule has 1 atom stereocenters. The van der Waals surface area contributed by atoms with Gasteiger partial charge in [-0.15, -0.1) is 0 Å². The van der Waals surface area contributed by atoms with Gasteiger partial charge in [0, 0.05) is 6.08 Å². The van der Waals surface area contributed by atoms with E-state index in [1.165, 1.54) is 17.6 Å². The normalized spacial score (nSPS) is 20.4. The molecule has 0 saturated heterocycles. The van der Waals surface area contributed by atoms with Crippen LogP contribution in [0, 0.1) is 11.3 Å². The van der Waals surface area contributed by atoms with Gasteiger partial charge in [-0.25, -0.2) is 0 Å². The van der Waals surface area contributed by atoms with E-state index in [0.717, 1.165) is 12.8 Å². The topological polar surface area (TPSA) is 23.8 Å². The van der Waals surface area contributed by atoms with E-state index in [4.69, 9.17) is 5.26 Å².